The average Bonchev–Trinajstić information content (AvgIpc) is 2.49. The second-order valence-electron chi connectivity index (χ2n) is 6.24. The molecule has 126 valence electrons. The average molecular weight is 319 g/mol. The first-order valence-electron chi connectivity index (χ1n) is 8.06. The number of carbonyl (C=O) groups excluding carboxylic acids is 2. The van der Waals surface area contributed by atoms with E-state index in [9.17, 15) is 14.7 Å². The van der Waals surface area contributed by atoms with Crippen LogP contribution in [0.1, 0.15) is 32.3 Å². The van der Waals surface area contributed by atoms with Gasteiger partial charge >= 0.3 is 6.03 Å². The van der Waals surface area contributed by atoms with Crippen LogP contribution in [0, 0.1) is 0 Å². The Bertz CT molecular complexity index is 535. The third-order valence-corrected chi connectivity index (χ3v) is 3.80. The van der Waals surface area contributed by atoms with E-state index in [0.29, 0.717) is 38.0 Å². The fraction of sp³-hybridized carbons (Fsp3) is 0.529. The maximum Gasteiger partial charge on any atom is 0.319 e. The van der Waals surface area contributed by atoms with Crippen molar-refractivity contribution < 1.29 is 14.7 Å². The lowest BCUT2D eigenvalue weighted by atomic mass is 10.1. The standard InChI is InChI=1S/C17H25N3O3/c1-12(2)18-17(23)19-14-5-3-13(4-6-14)11-16(22)20-9-7-15(21)8-10-20/h3-6,12,15,21H,7-11H2,1-2H3,(H2,18,19,23). The highest BCUT2D eigenvalue weighted by Gasteiger charge is 2.21. The van der Waals surface area contributed by atoms with Crippen molar-refractivity contribution in [3.05, 3.63) is 29.8 Å². The van der Waals surface area contributed by atoms with E-state index in [0.717, 1.165) is 5.56 Å². The van der Waals surface area contributed by atoms with Gasteiger partial charge in [-0.1, -0.05) is 12.1 Å². The fourth-order valence-corrected chi connectivity index (χ4v) is 2.54. The summed E-state index contributed by atoms with van der Waals surface area (Å²) in [5.74, 6) is 0.0789. The molecular weight excluding hydrogens is 294 g/mol. The molecule has 0 unspecified atom stereocenters. The molecule has 6 heteroatoms. The van der Waals surface area contributed by atoms with Crippen molar-refractivity contribution in [3.63, 3.8) is 0 Å². The molecule has 0 saturated carbocycles. The molecule has 3 amide bonds. The summed E-state index contributed by atoms with van der Waals surface area (Å²) in [4.78, 5) is 25.6. The van der Waals surface area contributed by atoms with Gasteiger partial charge in [0.05, 0.1) is 12.5 Å². The minimum atomic E-state index is -0.276. The number of hydrogen-bond acceptors (Lipinski definition) is 3. The maximum absolute atomic E-state index is 12.2. The molecule has 2 rings (SSSR count). The van der Waals surface area contributed by atoms with Gasteiger partial charge in [0.2, 0.25) is 5.91 Å². The number of piperidine rings is 1. The first kappa shape index (κ1) is 17.3. The van der Waals surface area contributed by atoms with E-state index in [-0.39, 0.29) is 24.1 Å². The molecule has 0 radical (unpaired) electrons. The van der Waals surface area contributed by atoms with Crippen molar-refractivity contribution in [1.29, 1.82) is 0 Å². The lowest BCUT2D eigenvalue weighted by Crippen LogP contribution is -2.40. The van der Waals surface area contributed by atoms with Crippen LogP contribution in [-0.2, 0) is 11.2 Å². The number of aliphatic hydroxyl groups is 1. The summed E-state index contributed by atoms with van der Waals surface area (Å²) in [6.45, 7) is 5.03. The zero-order valence-electron chi connectivity index (χ0n) is 13.7. The highest BCUT2D eigenvalue weighted by molar-refractivity contribution is 5.89. The maximum atomic E-state index is 12.2. The fourth-order valence-electron chi connectivity index (χ4n) is 2.54. The Kier molecular flexibility index (Phi) is 5.98. The number of amides is 3. The van der Waals surface area contributed by atoms with Crippen LogP contribution in [0.4, 0.5) is 10.5 Å². The number of likely N-dealkylation sites (tertiary alicyclic amines) is 1. The van der Waals surface area contributed by atoms with Crippen molar-refractivity contribution in [1.82, 2.24) is 10.2 Å². The highest BCUT2D eigenvalue weighted by atomic mass is 16.3. The highest BCUT2D eigenvalue weighted by Crippen LogP contribution is 2.14. The number of nitrogens with zero attached hydrogens (tertiary/aromatic N) is 1. The van der Waals surface area contributed by atoms with E-state index in [2.05, 4.69) is 10.6 Å². The van der Waals surface area contributed by atoms with Crippen LogP contribution in [0.25, 0.3) is 0 Å². The Labute approximate surface area is 136 Å². The van der Waals surface area contributed by atoms with Gasteiger partial charge in [-0.05, 0) is 44.4 Å². The van der Waals surface area contributed by atoms with E-state index < -0.39 is 0 Å². The van der Waals surface area contributed by atoms with Crippen LogP contribution in [0.2, 0.25) is 0 Å². The van der Waals surface area contributed by atoms with Crippen molar-refractivity contribution in [2.75, 3.05) is 18.4 Å². The van der Waals surface area contributed by atoms with Crippen LogP contribution >= 0.6 is 0 Å². The molecule has 1 aliphatic rings. The molecule has 23 heavy (non-hydrogen) atoms. The van der Waals surface area contributed by atoms with Gasteiger partial charge < -0.3 is 20.6 Å². The summed E-state index contributed by atoms with van der Waals surface area (Å²) >= 11 is 0. The molecule has 0 aliphatic carbocycles. The smallest absolute Gasteiger partial charge is 0.319 e. The monoisotopic (exact) mass is 319 g/mol. The van der Waals surface area contributed by atoms with E-state index in [1.54, 1.807) is 17.0 Å². The van der Waals surface area contributed by atoms with Gasteiger partial charge in [-0.2, -0.15) is 0 Å². The summed E-state index contributed by atoms with van der Waals surface area (Å²) in [6, 6.07) is 7.12. The van der Waals surface area contributed by atoms with Crippen LogP contribution in [-0.4, -0.2) is 47.2 Å². The van der Waals surface area contributed by atoms with Crippen LogP contribution in [0.5, 0.6) is 0 Å². The third kappa shape index (κ3) is 5.56. The number of hydrogen-bond donors (Lipinski definition) is 3. The van der Waals surface area contributed by atoms with Crippen LogP contribution < -0.4 is 10.6 Å². The Morgan fingerprint density at radius 1 is 1.22 bits per heavy atom. The van der Waals surface area contributed by atoms with E-state index in [1.807, 2.05) is 26.0 Å². The minimum Gasteiger partial charge on any atom is -0.393 e. The lowest BCUT2D eigenvalue weighted by Gasteiger charge is -2.29. The molecule has 0 spiro atoms. The van der Waals surface area contributed by atoms with Crippen LogP contribution in [0.15, 0.2) is 24.3 Å². The molecule has 6 nitrogen and oxygen atoms in total. The largest absolute Gasteiger partial charge is 0.393 e. The molecule has 0 bridgehead atoms. The first-order valence-corrected chi connectivity index (χ1v) is 8.06. The van der Waals surface area contributed by atoms with E-state index in [1.165, 1.54) is 0 Å². The summed E-state index contributed by atoms with van der Waals surface area (Å²) in [5, 5.41) is 15.0. The molecule has 1 fully saturated rings. The Morgan fingerprint density at radius 3 is 2.39 bits per heavy atom. The summed E-state index contributed by atoms with van der Waals surface area (Å²) in [6.07, 6.45) is 1.37. The van der Waals surface area contributed by atoms with Crippen molar-refractivity contribution >= 4 is 17.6 Å². The molecule has 0 aromatic heterocycles. The number of anilines is 1. The summed E-state index contributed by atoms with van der Waals surface area (Å²) in [5.41, 5.74) is 1.61. The van der Waals surface area contributed by atoms with Gasteiger partial charge in [0.1, 0.15) is 0 Å². The summed E-state index contributed by atoms with van der Waals surface area (Å²) < 4.78 is 0. The number of nitrogens with one attached hydrogen (secondary N) is 2. The Morgan fingerprint density at radius 2 is 1.83 bits per heavy atom. The van der Waals surface area contributed by atoms with E-state index in [4.69, 9.17) is 0 Å². The topological polar surface area (TPSA) is 81.7 Å². The SMILES string of the molecule is CC(C)NC(=O)Nc1ccc(CC(=O)N2CCC(O)CC2)cc1. The minimum absolute atomic E-state index is 0.0787. The predicted molar refractivity (Wildman–Crippen MR) is 89.3 cm³/mol. The van der Waals surface area contributed by atoms with E-state index >= 15 is 0 Å². The zero-order valence-corrected chi connectivity index (χ0v) is 13.7. The van der Waals surface area contributed by atoms with Crippen LogP contribution in [0.3, 0.4) is 0 Å². The molecule has 1 saturated heterocycles. The normalized spacial score (nSPS) is 15.6. The van der Waals surface area contributed by atoms with Gasteiger partial charge in [0.15, 0.2) is 0 Å². The first-order chi connectivity index (χ1) is 10.9. The quantitative estimate of drug-likeness (QED) is 0.791. The third-order valence-electron chi connectivity index (χ3n) is 3.80. The summed E-state index contributed by atoms with van der Waals surface area (Å²) in [7, 11) is 0. The van der Waals surface area contributed by atoms with Gasteiger partial charge in [-0.15, -0.1) is 0 Å². The lowest BCUT2D eigenvalue weighted by molar-refractivity contribution is -0.132. The Balaban J connectivity index is 1.85. The predicted octanol–water partition coefficient (Wildman–Crippen LogP) is 1.74. The van der Waals surface area contributed by atoms with Gasteiger partial charge in [0, 0.05) is 24.8 Å². The number of rotatable bonds is 4. The van der Waals surface area contributed by atoms with Gasteiger partial charge in [-0.25, -0.2) is 4.79 Å². The molecule has 1 heterocycles. The Hall–Kier alpha value is -2.08. The van der Waals surface area contributed by atoms with Gasteiger partial charge in [-0.3, -0.25) is 4.79 Å². The number of aliphatic hydroxyl groups excluding tert-OH is 1. The second-order valence-corrected chi connectivity index (χ2v) is 6.24. The second kappa shape index (κ2) is 7.97. The molecule has 1 aromatic carbocycles. The number of benzene rings is 1. The number of carbonyl (C=O) groups is 2. The van der Waals surface area contributed by atoms with Crippen molar-refractivity contribution in [2.24, 2.45) is 0 Å². The molecular formula is C17H25N3O3. The zero-order chi connectivity index (χ0) is 16.8. The van der Waals surface area contributed by atoms with Gasteiger partial charge in [0.25, 0.3) is 0 Å². The molecule has 3 N–H and O–H groups in total. The molecule has 1 aliphatic heterocycles. The molecule has 1 aromatic rings. The molecule has 0 atom stereocenters. The van der Waals surface area contributed by atoms with Crippen molar-refractivity contribution in [3.8, 4) is 0 Å². The van der Waals surface area contributed by atoms with Crippen molar-refractivity contribution in [2.45, 2.75) is 45.3 Å². The number of urea groups is 1.